The molecule has 8 nitrogen and oxygen atoms in total. The number of H-pyrrole nitrogens is 1. The summed E-state index contributed by atoms with van der Waals surface area (Å²) < 4.78 is 2.05. The number of aromatic amines is 1. The Labute approximate surface area is 105 Å². The molecular formula is C10H18N8. The second-order valence-corrected chi connectivity index (χ2v) is 4.38. The smallest absolute Gasteiger partial charge is 0.204 e. The molecule has 1 unspecified atom stereocenters. The second kappa shape index (κ2) is 5.13. The fraction of sp³-hybridized carbons (Fsp3) is 0.600. The molecule has 2 rings (SSSR count). The number of anilines is 1. The zero-order valence-corrected chi connectivity index (χ0v) is 11.0. The number of rotatable bonds is 5. The Morgan fingerprint density at radius 3 is 2.83 bits per heavy atom. The zero-order valence-electron chi connectivity index (χ0n) is 11.0. The summed E-state index contributed by atoms with van der Waals surface area (Å²) in [6.07, 6.45) is 1.87. The van der Waals surface area contributed by atoms with Gasteiger partial charge in [-0.15, -0.1) is 10.2 Å². The van der Waals surface area contributed by atoms with E-state index in [1.54, 1.807) is 0 Å². The van der Waals surface area contributed by atoms with Crippen LogP contribution in [0.5, 0.6) is 0 Å². The lowest BCUT2D eigenvalue weighted by Crippen LogP contribution is -2.21. The van der Waals surface area contributed by atoms with Gasteiger partial charge in [0.1, 0.15) is 0 Å². The Balaban J connectivity index is 1.98. The number of imidazole rings is 1. The molecule has 98 valence electrons. The fourth-order valence-corrected chi connectivity index (χ4v) is 1.72. The maximum Gasteiger partial charge on any atom is 0.204 e. The predicted molar refractivity (Wildman–Crippen MR) is 67.0 cm³/mol. The van der Waals surface area contributed by atoms with Gasteiger partial charge in [0.2, 0.25) is 5.95 Å². The molecule has 2 heterocycles. The molecule has 0 fully saturated rings. The molecular weight excluding hydrogens is 232 g/mol. The maximum absolute atomic E-state index is 4.36. The topological polar surface area (TPSA) is 87.5 Å². The molecule has 0 aromatic carbocycles. The molecule has 0 amide bonds. The highest BCUT2D eigenvalue weighted by Gasteiger charge is 2.12. The number of hydrogen-bond acceptors (Lipinski definition) is 6. The molecule has 0 saturated heterocycles. The Morgan fingerprint density at radius 1 is 1.50 bits per heavy atom. The van der Waals surface area contributed by atoms with Crippen LogP contribution in [-0.2, 0) is 13.6 Å². The summed E-state index contributed by atoms with van der Waals surface area (Å²) in [6.45, 7) is 2.70. The van der Waals surface area contributed by atoms with Gasteiger partial charge in [-0.05, 0) is 6.92 Å². The molecule has 0 saturated carbocycles. The predicted octanol–water partition coefficient (Wildman–Crippen LogP) is -0.150. The second-order valence-electron chi connectivity index (χ2n) is 4.38. The van der Waals surface area contributed by atoms with Crippen molar-refractivity contribution in [1.29, 1.82) is 0 Å². The maximum atomic E-state index is 4.36. The number of tetrazole rings is 1. The van der Waals surface area contributed by atoms with Crippen molar-refractivity contribution in [3.63, 3.8) is 0 Å². The van der Waals surface area contributed by atoms with E-state index in [9.17, 15) is 0 Å². The normalized spacial score (nSPS) is 12.7. The van der Waals surface area contributed by atoms with E-state index in [-0.39, 0.29) is 6.04 Å². The van der Waals surface area contributed by atoms with Crippen LogP contribution in [0.1, 0.15) is 24.5 Å². The molecule has 18 heavy (non-hydrogen) atoms. The molecule has 0 radical (unpaired) electrons. The van der Waals surface area contributed by atoms with Crippen molar-refractivity contribution in [2.24, 2.45) is 7.05 Å². The first-order valence-corrected chi connectivity index (χ1v) is 5.74. The number of hydrogen-bond donors (Lipinski definition) is 2. The summed E-state index contributed by atoms with van der Waals surface area (Å²) in [5.74, 6) is 1.59. The minimum atomic E-state index is 0.0430. The van der Waals surface area contributed by atoms with Gasteiger partial charge in [0.15, 0.2) is 5.82 Å². The SMILES string of the molecule is CC(NCc1cnc(N(C)C)n1C)c1nn[nH]n1. The number of aromatic nitrogens is 6. The van der Waals surface area contributed by atoms with Gasteiger partial charge >= 0.3 is 0 Å². The van der Waals surface area contributed by atoms with E-state index < -0.39 is 0 Å². The highest BCUT2D eigenvalue weighted by Crippen LogP contribution is 2.12. The van der Waals surface area contributed by atoms with Crippen molar-refractivity contribution in [3.8, 4) is 0 Å². The minimum Gasteiger partial charge on any atom is -0.348 e. The van der Waals surface area contributed by atoms with Crippen LogP contribution >= 0.6 is 0 Å². The van der Waals surface area contributed by atoms with Gasteiger partial charge in [-0.2, -0.15) is 5.21 Å². The van der Waals surface area contributed by atoms with Crippen LogP contribution in [-0.4, -0.2) is 44.3 Å². The van der Waals surface area contributed by atoms with E-state index in [0.29, 0.717) is 12.4 Å². The number of nitrogens with zero attached hydrogens (tertiary/aromatic N) is 6. The van der Waals surface area contributed by atoms with Crippen molar-refractivity contribution in [1.82, 2.24) is 35.5 Å². The largest absolute Gasteiger partial charge is 0.348 e. The van der Waals surface area contributed by atoms with Crippen LogP contribution in [0, 0.1) is 0 Å². The Morgan fingerprint density at radius 2 is 2.28 bits per heavy atom. The Hall–Kier alpha value is -1.96. The summed E-state index contributed by atoms with van der Waals surface area (Å²) in [6, 6.07) is 0.0430. The molecule has 2 aromatic heterocycles. The van der Waals surface area contributed by atoms with E-state index in [1.165, 1.54) is 0 Å². The molecule has 2 N–H and O–H groups in total. The van der Waals surface area contributed by atoms with Crippen LogP contribution in [0.3, 0.4) is 0 Å². The van der Waals surface area contributed by atoms with E-state index in [1.807, 2.05) is 39.2 Å². The van der Waals surface area contributed by atoms with Crippen LogP contribution in [0.2, 0.25) is 0 Å². The van der Waals surface area contributed by atoms with Crippen molar-refractivity contribution in [2.75, 3.05) is 19.0 Å². The third kappa shape index (κ3) is 2.48. The first-order valence-electron chi connectivity index (χ1n) is 5.74. The summed E-state index contributed by atoms with van der Waals surface area (Å²) in [5.41, 5.74) is 1.11. The first kappa shape index (κ1) is 12.5. The fourth-order valence-electron chi connectivity index (χ4n) is 1.72. The van der Waals surface area contributed by atoms with Crippen LogP contribution in [0.25, 0.3) is 0 Å². The van der Waals surface area contributed by atoms with Crippen LogP contribution < -0.4 is 10.2 Å². The van der Waals surface area contributed by atoms with Crippen LogP contribution in [0.4, 0.5) is 5.95 Å². The lowest BCUT2D eigenvalue weighted by atomic mass is 10.3. The Kier molecular flexibility index (Phi) is 3.56. The van der Waals surface area contributed by atoms with E-state index in [2.05, 4.69) is 35.5 Å². The van der Waals surface area contributed by atoms with Gasteiger partial charge in [-0.25, -0.2) is 4.98 Å². The monoisotopic (exact) mass is 250 g/mol. The quantitative estimate of drug-likeness (QED) is 0.767. The standard InChI is InChI=1S/C10H18N8/c1-7(9-13-15-16-14-9)11-5-8-6-12-10(17(2)3)18(8)4/h6-7,11H,5H2,1-4H3,(H,13,14,15,16). The summed E-state index contributed by atoms with van der Waals surface area (Å²) in [7, 11) is 5.95. The molecule has 0 aliphatic rings. The lowest BCUT2D eigenvalue weighted by Gasteiger charge is -2.14. The molecule has 0 bridgehead atoms. The minimum absolute atomic E-state index is 0.0430. The Bertz CT molecular complexity index is 486. The van der Waals surface area contributed by atoms with Crippen LogP contribution in [0.15, 0.2) is 6.20 Å². The van der Waals surface area contributed by atoms with Gasteiger partial charge in [0.25, 0.3) is 0 Å². The van der Waals surface area contributed by atoms with Crippen molar-refractivity contribution in [3.05, 3.63) is 17.7 Å². The average Bonchev–Trinajstić information content (AvgIpc) is 2.95. The average molecular weight is 250 g/mol. The van der Waals surface area contributed by atoms with Crippen molar-refractivity contribution < 1.29 is 0 Å². The molecule has 0 aliphatic heterocycles. The van der Waals surface area contributed by atoms with Crippen molar-refractivity contribution in [2.45, 2.75) is 19.5 Å². The van der Waals surface area contributed by atoms with Gasteiger partial charge in [-0.1, -0.05) is 5.21 Å². The lowest BCUT2D eigenvalue weighted by molar-refractivity contribution is 0.533. The highest BCUT2D eigenvalue weighted by molar-refractivity contribution is 5.30. The van der Waals surface area contributed by atoms with E-state index in [0.717, 1.165) is 11.6 Å². The summed E-state index contributed by atoms with van der Waals surface area (Å²) in [5, 5.41) is 17.2. The van der Waals surface area contributed by atoms with Gasteiger partial charge in [0.05, 0.1) is 17.9 Å². The first-order chi connectivity index (χ1) is 8.59. The highest BCUT2D eigenvalue weighted by atomic mass is 15.5. The van der Waals surface area contributed by atoms with E-state index in [4.69, 9.17) is 0 Å². The summed E-state index contributed by atoms with van der Waals surface area (Å²) >= 11 is 0. The third-order valence-corrected chi connectivity index (χ3v) is 2.80. The van der Waals surface area contributed by atoms with Gasteiger partial charge < -0.3 is 14.8 Å². The van der Waals surface area contributed by atoms with E-state index >= 15 is 0 Å². The number of nitrogens with one attached hydrogen (secondary N) is 2. The third-order valence-electron chi connectivity index (χ3n) is 2.80. The summed E-state index contributed by atoms with van der Waals surface area (Å²) in [4.78, 5) is 6.33. The molecule has 8 heteroatoms. The molecule has 1 atom stereocenters. The molecule has 0 spiro atoms. The van der Waals surface area contributed by atoms with Crippen molar-refractivity contribution >= 4 is 5.95 Å². The van der Waals surface area contributed by atoms with Gasteiger partial charge in [0, 0.05) is 27.7 Å². The molecule has 2 aromatic rings. The molecule has 0 aliphatic carbocycles. The zero-order chi connectivity index (χ0) is 13.1. The van der Waals surface area contributed by atoms with Gasteiger partial charge in [-0.3, -0.25) is 0 Å².